The molecule has 1 aliphatic carbocycles. The zero-order valence-corrected chi connectivity index (χ0v) is 12.7. The van der Waals surface area contributed by atoms with Gasteiger partial charge in [0.25, 0.3) is 0 Å². The van der Waals surface area contributed by atoms with Crippen molar-refractivity contribution >= 4 is 11.8 Å². The van der Waals surface area contributed by atoms with Crippen LogP contribution in [0.1, 0.15) is 52.9 Å². The molecule has 2 amide bonds. The third kappa shape index (κ3) is 3.32. The Hall–Kier alpha value is -1.10. The zero-order chi connectivity index (χ0) is 14.9. The highest BCUT2D eigenvalue weighted by atomic mass is 16.3. The maximum Gasteiger partial charge on any atom is 0.243 e. The van der Waals surface area contributed by atoms with Gasteiger partial charge in [0.1, 0.15) is 6.04 Å². The van der Waals surface area contributed by atoms with Crippen LogP contribution in [0.15, 0.2) is 0 Å². The molecule has 2 atom stereocenters. The Morgan fingerprint density at radius 3 is 2.45 bits per heavy atom. The van der Waals surface area contributed by atoms with E-state index in [2.05, 4.69) is 19.2 Å². The van der Waals surface area contributed by atoms with Gasteiger partial charge in [-0.15, -0.1) is 0 Å². The fourth-order valence-corrected chi connectivity index (χ4v) is 3.32. The molecule has 2 rings (SSSR count). The quantitative estimate of drug-likeness (QED) is 0.795. The number of hydrogen-bond donors (Lipinski definition) is 2. The van der Waals surface area contributed by atoms with Crippen LogP contribution in [0.2, 0.25) is 0 Å². The van der Waals surface area contributed by atoms with Crippen LogP contribution in [-0.4, -0.2) is 46.1 Å². The van der Waals surface area contributed by atoms with Crippen LogP contribution in [0.25, 0.3) is 0 Å². The van der Waals surface area contributed by atoms with Gasteiger partial charge in [-0.25, -0.2) is 0 Å². The average molecular weight is 282 g/mol. The maximum atomic E-state index is 12.4. The van der Waals surface area contributed by atoms with Crippen molar-refractivity contribution in [2.75, 3.05) is 6.54 Å². The molecule has 1 saturated carbocycles. The molecule has 2 aliphatic rings. The second kappa shape index (κ2) is 5.72. The summed E-state index contributed by atoms with van der Waals surface area (Å²) < 4.78 is 0. The van der Waals surface area contributed by atoms with Crippen molar-refractivity contribution in [1.82, 2.24) is 10.2 Å². The van der Waals surface area contributed by atoms with E-state index in [1.807, 2.05) is 0 Å². The van der Waals surface area contributed by atoms with Gasteiger partial charge in [-0.3, -0.25) is 9.59 Å². The van der Waals surface area contributed by atoms with E-state index in [1.54, 1.807) is 0 Å². The Morgan fingerprint density at radius 2 is 1.90 bits per heavy atom. The Kier molecular flexibility index (Phi) is 4.37. The summed E-state index contributed by atoms with van der Waals surface area (Å²) in [5.41, 5.74) is -0.167. The van der Waals surface area contributed by atoms with Crippen molar-refractivity contribution in [3.8, 4) is 0 Å². The Balaban J connectivity index is 1.99. The normalized spacial score (nSPS) is 37.8. The average Bonchev–Trinajstić information content (AvgIpc) is 2.76. The maximum absolute atomic E-state index is 12.4. The lowest BCUT2D eigenvalue weighted by Gasteiger charge is -2.38. The highest BCUT2D eigenvalue weighted by Crippen LogP contribution is 2.32. The van der Waals surface area contributed by atoms with Crippen molar-refractivity contribution in [2.45, 2.75) is 70.6 Å². The lowest BCUT2D eigenvalue weighted by molar-refractivity contribution is -0.138. The highest BCUT2D eigenvalue weighted by molar-refractivity contribution is 5.88. The van der Waals surface area contributed by atoms with E-state index in [4.69, 9.17) is 0 Å². The monoisotopic (exact) mass is 282 g/mol. The summed E-state index contributed by atoms with van der Waals surface area (Å²) in [6.45, 7) is 6.04. The lowest BCUT2D eigenvalue weighted by Crippen LogP contribution is -2.54. The minimum absolute atomic E-state index is 0.117. The van der Waals surface area contributed by atoms with Crippen LogP contribution in [0, 0.1) is 5.92 Å². The van der Waals surface area contributed by atoms with Crippen molar-refractivity contribution in [3.63, 3.8) is 0 Å². The topological polar surface area (TPSA) is 69.6 Å². The number of β-amino-alcohol motifs (C(OH)–C–C–N with tert-alkyl or cyclic N) is 1. The van der Waals surface area contributed by atoms with Gasteiger partial charge in [0.15, 0.2) is 0 Å². The van der Waals surface area contributed by atoms with E-state index in [0.717, 1.165) is 31.6 Å². The highest BCUT2D eigenvalue weighted by Gasteiger charge is 2.40. The second-order valence-electron chi connectivity index (χ2n) is 6.81. The summed E-state index contributed by atoms with van der Waals surface area (Å²) in [7, 11) is 0. The molecule has 5 nitrogen and oxygen atoms in total. The minimum atomic E-state index is -0.589. The summed E-state index contributed by atoms with van der Waals surface area (Å²) in [5.74, 6) is 0.458. The standard InChI is InChI=1S/C15H26N2O3/c1-10-4-6-15(3,7-5-10)16-14(20)13-8-12(19)9-17(13)11(2)18/h10,12-13,19H,4-9H2,1-3H3,(H,16,20)/t10?,12-,13+,15?/m0/s1. The molecule has 1 saturated heterocycles. The smallest absolute Gasteiger partial charge is 0.243 e. The fraction of sp³-hybridized carbons (Fsp3) is 0.867. The number of aliphatic hydroxyl groups is 1. The number of nitrogens with one attached hydrogen (secondary N) is 1. The summed E-state index contributed by atoms with van der Waals surface area (Å²) in [4.78, 5) is 25.5. The first-order valence-electron chi connectivity index (χ1n) is 7.58. The van der Waals surface area contributed by atoms with Crippen molar-refractivity contribution in [2.24, 2.45) is 5.92 Å². The van der Waals surface area contributed by atoms with Crippen LogP contribution in [0.5, 0.6) is 0 Å². The molecule has 5 heteroatoms. The molecular formula is C15H26N2O3. The molecular weight excluding hydrogens is 256 g/mol. The summed E-state index contributed by atoms with van der Waals surface area (Å²) in [6.07, 6.45) is 3.97. The fourth-order valence-electron chi connectivity index (χ4n) is 3.32. The largest absolute Gasteiger partial charge is 0.391 e. The van der Waals surface area contributed by atoms with Gasteiger partial charge in [-0.2, -0.15) is 0 Å². The molecule has 0 spiro atoms. The molecule has 0 bridgehead atoms. The first-order valence-corrected chi connectivity index (χ1v) is 7.58. The minimum Gasteiger partial charge on any atom is -0.391 e. The lowest BCUT2D eigenvalue weighted by atomic mass is 9.78. The number of likely N-dealkylation sites (tertiary alicyclic amines) is 1. The molecule has 114 valence electrons. The van der Waals surface area contributed by atoms with Crippen molar-refractivity contribution in [3.05, 3.63) is 0 Å². The molecule has 0 unspecified atom stereocenters. The van der Waals surface area contributed by atoms with E-state index in [1.165, 1.54) is 11.8 Å². The summed E-state index contributed by atoms with van der Waals surface area (Å²) in [5, 5.41) is 12.8. The van der Waals surface area contributed by atoms with Crippen LogP contribution in [0.3, 0.4) is 0 Å². The number of aliphatic hydroxyl groups excluding tert-OH is 1. The van der Waals surface area contributed by atoms with Gasteiger partial charge in [-0.1, -0.05) is 6.92 Å². The van der Waals surface area contributed by atoms with E-state index in [0.29, 0.717) is 6.42 Å². The van der Waals surface area contributed by atoms with E-state index >= 15 is 0 Å². The molecule has 1 heterocycles. The molecule has 1 aliphatic heterocycles. The molecule has 0 radical (unpaired) electrons. The Labute approximate surface area is 120 Å². The van der Waals surface area contributed by atoms with Crippen molar-refractivity contribution in [1.29, 1.82) is 0 Å². The first-order chi connectivity index (χ1) is 9.31. The van der Waals surface area contributed by atoms with Crippen molar-refractivity contribution < 1.29 is 14.7 Å². The van der Waals surface area contributed by atoms with Crippen LogP contribution in [0.4, 0.5) is 0 Å². The molecule has 2 N–H and O–H groups in total. The van der Waals surface area contributed by atoms with Gasteiger partial charge in [-0.05, 0) is 38.5 Å². The van der Waals surface area contributed by atoms with E-state index in [-0.39, 0.29) is 23.9 Å². The molecule has 0 aromatic rings. The van der Waals surface area contributed by atoms with E-state index in [9.17, 15) is 14.7 Å². The van der Waals surface area contributed by atoms with Gasteiger partial charge < -0.3 is 15.3 Å². The van der Waals surface area contributed by atoms with Gasteiger partial charge >= 0.3 is 0 Å². The number of rotatable bonds is 2. The number of nitrogens with zero attached hydrogens (tertiary/aromatic N) is 1. The molecule has 20 heavy (non-hydrogen) atoms. The number of amides is 2. The number of hydrogen-bond acceptors (Lipinski definition) is 3. The van der Waals surface area contributed by atoms with Gasteiger partial charge in [0.05, 0.1) is 6.10 Å². The second-order valence-corrected chi connectivity index (χ2v) is 6.81. The third-order valence-corrected chi connectivity index (χ3v) is 4.79. The summed E-state index contributed by atoms with van der Waals surface area (Å²) >= 11 is 0. The summed E-state index contributed by atoms with van der Waals surface area (Å²) in [6, 6.07) is -0.515. The van der Waals surface area contributed by atoms with Crippen LogP contribution >= 0.6 is 0 Å². The van der Waals surface area contributed by atoms with Gasteiger partial charge in [0, 0.05) is 25.4 Å². The SMILES string of the molecule is CC(=O)N1C[C@@H](O)C[C@@H]1C(=O)NC1(C)CCC(C)CC1. The first kappa shape index (κ1) is 15.3. The predicted octanol–water partition coefficient (Wildman–Crippen LogP) is 1.05. The van der Waals surface area contributed by atoms with Crippen LogP contribution < -0.4 is 5.32 Å². The van der Waals surface area contributed by atoms with E-state index < -0.39 is 12.1 Å². The Bertz CT molecular complexity index is 389. The zero-order valence-electron chi connectivity index (χ0n) is 12.7. The van der Waals surface area contributed by atoms with Crippen LogP contribution in [-0.2, 0) is 9.59 Å². The number of carbonyl (C=O) groups excluding carboxylic acids is 2. The molecule has 2 fully saturated rings. The predicted molar refractivity (Wildman–Crippen MR) is 76.0 cm³/mol. The van der Waals surface area contributed by atoms with Gasteiger partial charge in [0.2, 0.25) is 11.8 Å². The molecule has 0 aromatic heterocycles. The Morgan fingerprint density at radius 1 is 1.30 bits per heavy atom. The molecule has 0 aromatic carbocycles. The third-order valence-electron chi connectivity index (χ3n) is 4.79. The number of carbonyl (C=O) groups is 2.